The Kier molecular flexibility index (Phi) is 16.2. The largest absolute Gasteiger partial charge is 0.368 e. The third-order valence-corrected chi connectivity index (χ3v) is 5.96. The predicted octanol–water partition coefficient (Wildman–Crippen LogP) is 5.17. The van der Waals surface area contributed by atoms with Gasteiger partial charge in [0.1, 0.15) is 0 Å². The van der Waals surface area contributed by atoms with Crippen molar-refractivity contribution in [3.05, 3.63) is 77.7 Å². The number of thioether (sulfide) groups is 1. The van der Waals surface area contributed by atoms with Gasteiger partial charge in [0, 0.05) is 42.1 Å². The fraction of sp³-hybridized carbons (Fsp3) is 0.429. The molecule has 1 aromatic heterocycles. The number of likely N-dealkylation sites (N-methyl/N-ethyl adjacent to an activating group) is 1. The summed E-state index contributed by atoms with van der Waals surface area (Å²) in [5.74, 6) is 1.55. The van der Waals surface area contributed by atoms with Crippen molar-refractivity contribution in [2.45, 2.75) is 40.3 Å². The quantitative estimate of drug-likeness (QED) is 0.157. The summed E-state index contributed by atoms with van der Waals surface area (Å²) in [6.07, 6.45) is 16.8. The van der Waals surface area contributed by atoms with Gasteiger partial charge in [0.05, 0.1) is 11.3 Å². The Hall–Kier alpha value is -2.61. The number of rotatable bonds is 17. The highest BCUT2D eigenvalue weighted by Crippen LogP contribution is 2.18. The molecule has 0 saturated heterocycles. The standard InChI is InChI=1S/C28H42N4O2S/c1-6-10-11-12-13-19-35-20-14-15-24(27(33)29-16-7-2)22-26-25(21-23(5)31-26)28(34)30-17-18-32(8-3)9-4/h6,10-16,21-22,27,31,33H,1,7-9,17-20H2,2-5H3,(H,30,34). The van der Waals surface area contributed by atoms with Crippen molar-refractivity contribution in [1.29, 1.82) is 0 Å². The van der Waals surface area contributed by atoms with E-state index in [1.165, 1.54) is 0 Å². The molecule has 1 rings (SSSR count). The number of allylic oxidation sites excluding steroid dienone is 4. The zero-order chi connectivity index (χ0) is 25.9. The molecule has 7 heteroatoms. The molecule has 0 aliphatic heterocycles. The van der Waals surface area contributed by atoms with Crippen LogP contribution in [0, 0.1) is 6.92 Å². The summed E-state index contributed by atoms with van der Waals surface area (Å²) in [4.78, 5) is 22.6. The van der Waals surface area contributed by atoms with Gasteiger partial charge in [-0.15, -0.1) is 0 Å². The molecular weight excluding hydrogens is 456 g/mol. The molecule has 1 unspecified atom stereocenters. The van der Waals surface area contributed by atoms with E-state index >= 15 is 0 Å². The first-order valence-electron chi connectivity index (χ1n) is 12.3. The zero-order valence-corrected chi connectivity index (χ0v) is 22.5. The summed E-state index contributed by atoms with van der Waals surface area (Å²) in [5, 5.41) is 13.7. The van der Waals surface area contributed by atoms with Gasteiger partial charge in [0.25, 0.3) is 5.91 Å². The molecule has 0 spiro atoms. The summed E-state index contributed by atoms with van der Waals surface area (Å²) in [6, 6.07) is 1.84. The van der Waals surface area contributed by atoms with Crippen molar-refractivity contribution in [1.82, 2.24) is 15.2 Å². The fourth-order valence-electron chi connectivity index (χ4n) is 3.21. The Bertz CT molecular complexity index is 908. The summed E-state index contributed by atoms with van der Waals surface area (Å²) in [7, 11) is 0. The number of carbonyl (C=O) groups is 1. The van der Waals surface area contributed by atoms with Crippen LogP contribution in [0.4, 0.5) is 0 Å². The van der Waals surface area contributed by atoms with Crippen LogP contribution < -0.4 is 5.32 Å². The number of aromatic amines is 1. The van der Waals surface area contributed by atoms with E-state index in [-0.39, 0.29) is 5.91 Å². The molecule has 0 radical (unpaired) electrons. The molecule has 0 aliphatic carbocycles. The number of hydrogen-bond donors (Lipinski definition) is 3. The van der Waals surface area contributed by atoms with Crippen LogP contribution in [-0.4, -0.2) is 71.0 Å². The maximum Gasteiger partial charge on any atom is 0.253 e. The van der Waals surface area contributed by atoms with E-state index in [0.717, 1.165) is 43.3 Å². The van der Waals surface area contributed by atoms with Crippen LogP contribution in [0.3, 0.4) is 0 Å². The van der Waals surface area contributed by atoms with Gasteiger partial charge in [-0.2, -0.15) is 11.8 Å². The van der Waals surface area contributed by atoms with Crippen molar-refractivity contribution in [2.24, 2.45) is 4.99 Å². The molecule has 35 heavy (non-hydrogen) atoms. The molecule has 1 heterocycles. The van der Waals surface area contributed by atoms with Crippen molar-refractivity contribution in [3.8, 4) is 0 Å². The highest BCUT2D eigenvalue weighted by Gasteiger charge is 2.15. The van der Waals surface area contributed by atoms with Crippen molar-refractivity contribution in [3.63, 3.8) is 0 Å². The van der Waals surface area contributed by atoms with Gasteiger partial charge in [-0.1, -0.05) is 69.9 Å². The van der Waals surface area contributed by atoms with E-state index in [4.69, 9.17) is 0 Å². The first-order valence-corrected chi connectivity index (χ1v) is 13.4. The molecule has 3 N–H and O–H groups in total. The average Bonchev–Trinajstić information content (AvgIpc) is 3.23. The lowest BCUT2D eigenvalue weighted by atomic mass is 10.1. The Labute approximate surface area is 215 Å². The van der Waals surface area contributed by atoms with Crippen molar-refractivity contribution >= 4 is 30.0 Å². The summed E-state index contributed by atoms with van der Waals surface area (Å²) in [6.45, 7) is 15.1. The van der Waals surface area contributed by atoms with Gasteiger partial charge in [-0.3, -0.25) is 9.79 Å². The van der Waals surface area contributed by atoms with Crippen molar-refractivity contribution < 1.29 is 9.90 Å². The number of H-pyrrole nitrogens is 1. The number of carbonyl (C=O) groups excluding carboxylic acids is 1. The molecule has 0 saturated carbocycles. The number of aliphatic hydroxyl groups is 1. The first-order chi connectivity index (χ1) is 17.0. The second-order valence-corrected chi connectivity index (χ2v) is 8.88. The minimum absolute atomic E-state index is 0.129. The molecule has 6 nitrogen and oxygen atoms in total. The molecule has 1 amide bonds. The Morgan fingerprint density at radius 3 is 2.66 bits per heavy atom. The third-order valence-electron chi connectivity index (χ3n) is 5.11. The van der Waals surface area contributed by atoms with Gasteiger partial charge in [-0.05, 0) is 38.6 Å². The average molecular weight is 499 g/mol. The molecule has 0 fully saturated rings. The first kappa shape index (κ1) is 30.4. The Morgan fingerprint density at radius 2 is 1.97 bits per heavy atom. The van der Waals surface area contributed by atoms with Gasteiger partial charge >= 0.3 is 0 Å². The smallest absolute Gasteiger partial charge is 0.253 e. The zero-order valence-electron chi connectivity index (χ0n) is 21.7. The van der Waals surface area contributed by atoms with E-state index in [2.05, 4.69) is 46.7 Å². The minimum atomic E-state index is -0.998. The van der Waals surface area contributed by atoms with Crippen LogP contribution in [0.2, 0.25) is 0 Å². The summed E-state index contributed by atoms with van der Waals surface area (Å²) >= 11 is 1.76. The lowest BCUT2D eigenvalue weighted by Gasteiger charge is -2.17. The number of nitrogens with one attached hydrogen (secondary N) is 2. The van der Waals surface area contributed by atoms with Crippen LogP contribution in [0.25, 0.3) is 6.08 Å². The topological polar surface area (TPSA) is 80.7 Å². The maximum atomic E-state index is 12.9. The lowest BCUT2D eigenvalue weighted by molar-refractivity contribution is 0.0949. The van der Waals surface area contributed by atoms with Gasteiger partial charge in [0.15, 0.2) is 6.23 Å². The van der Waals surface area contributed by atoms with Gasteiger partial charge < -0.3 is 20.3 Å². The van der Waals surface area contributed by atoms with Crippen LogP contribution in [-0.2, 0) is 0 Å². The molecule has 192 valence electrons. The van der Waals surface area contributed by atoms with E-state index in [9.17, 15) is 9.90 Å². The number of amides is 1. The van der Waals surface area contributed by atoms with E-state index in [1.54, 1.807) is 24.1 Å². The van der Waals surface area contributed by atoms with Crippen LogP contribution >= 0.6 is 11.8 Å². The summed E-state index contributed by atoms with van der Waals surface area (Å²) < 4.78 is 0. The number of aliphatic imine (C=N–C) groups is 1. The second-order valence-electron chi connectivity index (χ2n) is 7.81. The SMILES string of the molecule is C=CC=CC=CCSCC=CC(=Cc1[nH]c(C)cc1C(=O)NCCN(CC)CC)C(O)N=CCC. The van der Waals surface area contributed by atoms with E-state index in [0.29, 0.717) is 23.4 Å². The fourth-order valence-corrected chi connectivity index (χ4v) is 3.82. The van der Waals surface area contributed by atoms with E-state index < -0.39 is 6.23 Å². The third kappa shape index (κ3) is 12.6. The Balaban J connectivity index is 2.95. The second kappa shape index (κ2) is 18.7. The molecule has 0 bridgehead atoms. The number of aryl methyl sites for hydroxylation is 1. The number of aliphatic hydroxyl groups excluding tert-OH is 1. The van der Waals surface area contributed by atoms with Crippen LogP contribution in [0.1, 0.15) is 48.9 Å². The van der Waals surface area contributed by atoms with Crippen molar-refractivity contribution in [2.75, 3.05) is 37.7 Å². The monoisotopic (exact) mass is 498 g/mol. The lowest BCUT2D eigenvalue weighted by Crippen LogP contribution is -2.34. The maximum absolute atomic E-state index is 12.9. The Morgan fingerprint density at radius 1 is 1.23 bits per heavy atom. The van der Waals surface area contributed by atoms with Gasteiger partial charge in [-0.25, -0.2) is 0 Å². The molecule has 0 aliphatic rings. The number of hydrogen-bond acceptors (Lipinski definition) is 5. The highest BCUT2D eigenvalue weighted by atomic mass is 32.2. The number of aromatic nitrogens is 1. The van der Waals surface area contributed by atoms with E-state index in [1.807, 2.05) is 56.4 Å². The van der Waals surface area contributed by atoms with Gasteiger partial charge in [0.2, 0.25) is 0 Å². The predicted molar refractivity (Wildman–Crippen MR) is 153 cm³/mol. The summed E-state index contributed by atoms with van der Waals surface area (Å²) in [5.41, 5.74) is 2.73. The molecule has 1 atom stereocenters. The highest BCUT2D eigenvalue weighted by molar-refractivity contribution is 7.99. The molecule has 0 aromatic carbocycles. The minimum Gasteiger partial charge on any atom is -0.368 e. The molecular formula is C28H42N4O2S. The van der Waals surface area contributed by atoms with Crippen LogP contribution in [0.15, 0.2) is 65.7 Å². The molecule has 1 aromatic rings. The normalized spacial score (nSPS) is 13.7. The number of nitrogens with zero attached hydrogens (tertiary/aromatic N) is 2. The van der Waals surface area contributed by atoms with Crippen LogP contribution in [0.5, 0.6) is 0 Å².